The lowest BCUT2D eigenvalue weighted by Gasteiger charge is -2.33. The van der Waals surface area contributed by atoms with Gasteiger partial charge in [-0.3, -0.25) is 4.79 Å². The number of benzene rings is 2. The van der Waals surface area contributed by atoms with E-state index in [4.69, 9.17) is 0 Å². The largest absolute Gasteiger partial charge is 0.573 e. The molecule has 1 saturated heterocycles. The molecule has 180 valence electrons. The van der Waals surface area contributed by atoms with Crippen LogP contribution in [0.2, 0.25) is 0 Å². The van der Waals surface area contributed by atoms with Gasteiger partial charge in [-0.25, -0.2) is 16.8 Å². The number of ether oxygens (including phenoxy) is 1. The van der Waals surface area contributed by atoms with Gasteiger partial charge in [-0.2, -0.15) is 8.61 Å². The van der Waals surface area contributed by atoms with E-state index in [0.717, 1.165) is 32.9 Å². The van der Waals surface area contributed by atoms with E-state index >= 15 is 0 Å². The molecule has 33 heavy (non-hydrogen) atoms. The molecule has 1 N–H and O–H groups in total. The molecule has 0 radical (unpaired) electrons. The normalized spacial score (nSPS) is 16.4. The first-order valence-electron chi connectivity index (χ1n) is 9.53. The van der Waals surface area contributed by atoms with E-state index in [1.807, 2.05) is 0 Å². The second kappa shape index (κ2) is 9.29. The first-order chi connectivity index (χ1) is 15.3. The highest BCUT2D eigenvalue weighted by atomic mass is 32.2. The molecule has 2 aromatic rings. The molecule has 0 bridgehead atoms. The topological polar surface area (TPSA) is 113 Å². The van der Waals surface area contributed by atoms with Crippen molar-refractivity contribution in [3.8, 4) is 5.75 Å². The first kappa shape index (κ1) is 25.0. The average molecular weight is 508 g/mol. The van der Waals surface area contributed by atoms with E-state index in [2.05, 4.69) is 10.1 Å². The van der Waals surface area contributed by atoms with Crippen molar-refractivity contribution >= 4 is 31.6 Å². The van der Waals surface area contributed by atoms with Gasteiger partial charge in [0.2, 0.25) is 26.0 Å². The number of rotatable bonds is 6. The minimum atomic E-state index is -4.90. The molecular formula is C19H20F3N3O6S2. The molecule has 0 spiro atoms. The first-order valence-corrected chi connectivity index (χ1v) is 12.4. The molecule has 0 saturated carbocycles. The average Bonchev–Trinajstić information content (AvgIpc) is 2.73. The molecule has 1 amide bonds. The molecule has 0 aromatic heterocycles. The molecule has 1 heterocycles. The highest BCUT2D eigenvalue weighted by Crippen LogP contribution is 2.26. The molecule has 1 aliphatic heterocycles. The lowest BCUT2D eigenvalue weighted by molar-refractivity contribution is -0.274. The van der Waals surface area contributed by atoms with Crippen LogP contribution in [0.5, 0.6) is 5.75 Å². The molecule has 1 fully saturated rings. The SMILES string of the molecule is CC(=O)Nc1ccc(S(=O)(=O)N2CCN(S(=O)(=O)c3ccc(OC(F)(F)F)cc3)CC2)cc1. The fourth-order valence-electron chi connectivity index (χ4n) is 3.18. The maximum atomic E-state index is 12.9. The zero-order chi connectivity index (χ0) is 24.4. The fourth-order valence-corrected chi connectivity index (χ4v) is 6.02. The predicted molar refractivity (Wildman–Crippen MR) is 111 cm³/mol. The van der Waals surface area contributed by atoms with E-state index < -0.39 is 32.2 Å². The quantitative estimate of drug-likeness (QED) is 0.642. The van der Waals surface area contributed by atoms with Crippen molar-refractivity contribution < 1.29 is 39.5 Å². The number of hydrogen-bond donors (Lipinski definition) is 1. The predicted octanol–water partition coefficient (Wildman–Crippen LogP) is 2.24. The van der Waals surface area contributed by atoms with Crippen molar-refractivity contribution in [2.45, 2.75) is 23.1 Å². The Morgan fingerprint density at radius 1 is 0.818 bits per heavy atom. The second-order valence-corrected chi connectivity index (χ2v) is 10.9. The Kier molecular flexibility index (Phi) is 7.02. The molecule has 0 aliphatic carbocycles. The van der Waals surface area contributed by atoms with Gasteiger partial charge in [-0.15, -0.1) is 13.2 Å². The van der Waals surface area contributed by atoms with Crippen LogP contribution in [-0.2, 0) is 24.8 Å². The van der Waals surface area contributed by atoms with Gasteiger partial charge in [0.05, 0.1) is 9.79 Å². The van der Waals surface area contributed by atoms with E-state index in [9.17, 15) is 34.8 Å². The van der Waals surface area contributed by atoms with E-state index in [-0.39, 0.29) is 41.9 Å². The van der Waals surface area contributed by atoms with Crippen molar-refractivity contribution in [2.24, 2.45) is 0 Å². The lowest BCUT2D eigenvalue weighted by Crippen LogP contribution is -2.50. The van der Waals surface area contributed by atoms with Crippen LogP contribution >= 0.6 is 0 Å². The number of carbonyl (C=O) groups is 1. The highest BCUT2D eigenvalue weighted by molar-refractivity contribution is 7.89. The summed E-state index contributed by atoms with van der Waals surface area (Å²) in [6.45, 7) is 0.843. The number of hydrogen-bond acceptors (Lipinski definition) is 6. The van der Waals surface area contributed by atoms with Crippen LogP contribution in [0.1, 0.15) is 6.92 Å². The van der Waals surface area contributed by atoms with Crippen LogP contribution in [0.4, 0.5) is 18.9 Å². The smallest absolute Gasteiger partial charge is 0.406 e. The Hall–Kier alpha value is -2.68. The second-order valence-electron chi connectivity index (χ2n) is 7.03. The zero-order valence-corrected chi connectivity index (χ0v) is 18.9. The van der Waals surface area contributed by atoms with Crippen LogP contribution in [0.15, 0.2) is 58.3 Å². The summed E-state index contributed by atoms with van der Waals surface area (Å²) in [6.07, 6.45) is -4.90. The van der Waals surface area contributed by atoms with Gasteiger partial charge in [0, 0.05) is 38.8 Å². The van der Waals surface area contributed by atoms with Crippen LogP contribution in [-0.4, -0.2) is 63.9 Å². The number of piperazine rings is 1. The molecular weight excluding hydrogens is 487 g/mol. The third-order valence-electron chi connectivity index (χ3n) is 4.71. The Balaban J connectivity index is 1.67. The Morgan fingerprint density at radius 3 is 1.58 bits per heavy atom. The number of sulfonamides is 2. The van der Waals surface area contributed by atoms with Gasteiger partial charge in [0.25, 0.3) is 0 Å². The van der Waals surface area contributed by atoms with Crippen molar-refractivity contribution in [3.63, 3.8) is 0 Å². The summed E-state index contributed by atoms with van der Waals surface area (Å²) in [5, 5.41) is 2.53. The van der Waals surface area contributed by atoms with Gasteiger partial charge >= 0.3 is 6.36 Å². The standard InChI is InChI=1S/C19H20F3N3O6S2/c1-14(26)23-15-2-6-17(7-3-15)32(27,28)24-10-12-25(13-11-24)33(29,30)18-8-4-16(5-9-18)31-19(20,21)22/h2-9H,10-13H2,1H3,(H,23,26). The number of carbonyl (C=O) groups excluding carboxylic acids is 1. The lowest BCUT2D eigenvalue weighted by atomic mass is 10.3. The molecule has 1 aliphatic rings. The Bertz CT molecular complexity index is 1210. The van der Waals surface area contributed by atoms with Gasteiger partial charge < -0.3 is 10.1 Å². The summed E-state index contributed by atoms with van der Waals surface area (Å²) in [5.41, 5.74) is 0.434. The van der Waals surface area contributed by atoms with Gasteiger partial charge in [0.15, 0.2) is 0 Å². The maximum absolute atomic E-state index is 12.9. The van der Waals surface area contributed by atoms with E-state index in [1.54, 1.807) is 0 Å². The van der Waals surface area contributed by atoms with E-state index in [1.165, 1.54) is 31.2 Å². The van der Waals surface area contributed by atoms with Crippen LogP contribution in [0.25, 0.3) is 0 Å². The molecule has 2 aromatic carbocycles. The number of alkyl halides is 3. The molecule has 3 rings (SSSR count). The van der Waals surface area contributed by atoms with Crippen molar-refractivity contribution in [1.82, 2.24) is 8.61 Å². The van der Waals surface area contributed by atoms with Gasteiger partial charge in [0.1, 0.15) is 5.75 Å². The maximum Gasteiger partial charge on any atom is 0.573 e. The summed E-state index contributed by atoms with van der Waals surface area (Å²) in [6, 6.07) is 9.36. The molecule has 0 unspecified atom stereocenters. The highest BCUT2D eigenvalue weighted by Gasteiger charge is 2.34. The van der Waals surface area contributed by atoms with Crippen molar-refractivity contribution in [2.75, 3.05) is 31.5 Å². The summed E-state index contributed by atoms with van der Waals surface area (Å²) < 4.78 is 94.1. The third kappa shape index (κ3) is 6.01. The van der Waals surface area contributed by atoms with Crippen molar-refractivity contribution in [1.29, 1.82) is 0 Å². The van der Waals surface area contributed by atoms with Gasteiger partial charge in [-0.1, -0.05) is 0 Å². The number of nitrogens with zero attached hydrogens (tertiary/aromatic N) is 2. The van der Waals surface area contributed by atoms with Crippen molar-refractivity contribution in [3.05, 3.63) is 48.5 Å². The zero-order valence-electron chi connectivity index (χ0n) is 17.2. The van der Waals surface area contributed by atoms with E-state index in [0.29, 0.717) is 5.69 Å². The summed E-state index contributed by atoms with van der Waals surface area (Å²) in [4.78, 5) is 10.8. The van der Waals surface area contributed by atoms with Crippen LogP contribution < -0.4 is 10.1 Å². The Labute approximate surface area is 188 Å². The third-order valence-corrected chi connectivity index (χ3v) is 8.53. The van der Waals surface area contributed by atoms with Gasteiger partial charge in [-0.05, 0) is 48.5 Å². The van der Waals surface area contributed by atoms with Crippen LogP contribution in [0, 0.1) is 0 Å². The summed E-state index contributed by atoms with van der Waals surface area (Å²) >= 11 is 0. The number of anilines is 1. The minimum Gasteiger partial charge on any atom is -0.406 e. The Morgan fingerprint density at radius 2 is 1.21 bits per heavy atom. The summed E-state index contributed by atoms with van der Waals surface area (Å²) in [5.74, 6) is -0.854. The monoisotopic (exact) mass is 507 g/mol. The number of amides is 1. The number of halogens is 3. The number of nitrogens with one attached hydrogen (secondary N) is 1. The molecule has 14 heteroatoms. The minimum absolute atomic E-state index is 0.00633. The molecule has 0 atom stereocenters. The summed E-state index contributed by atoms with van der Waals surface area (Å²) in [7, 11) is -7.93. The van der Waals surface area contributed by atoms with Crippen LogP contribution in [0.3, 0.4) is 0 Å². The fraction of sp³-hybridized carbons (Fsp3) is 0.316. The molecule has 9 nitrogen and oxygen atoms in total.